The summed E-state index contributed by atoms with van der Waals surface area (Å²) in [5.74, 6) is 0.913. The summed E-state index contributed by atoms with van der Waals surface area (Å²) in [6.07, 6.45) is 20.3. The number of nitrogens with zero attached hydrogens (tertiary/aromatic N) is 3. The largest absolute Gasteiger partial charge is 0.263 e. The van der Waals surface area contributed by atoms with Gasteiger partial charge in [-0.1, -0.05) is 103 Å². The lowest BCUT2D eigenvalue weighted by molar-refractivity contribution is 0.837. The summed E-state index contributed by atoms with van der Waals surface area (Å²) in [6, 6.07) is 25.8. The monoisotopic (exact) mass is 499 g/mol. The number of allylic oxidation sites excluding steroid dienone is 7. The van der Waals surface area contributed by atoms with Gasteiger partial charge in [0.1, 0.15) is 6.33 Å². The van der Waals surface area contributed by atoms with Crippen LogP contribution in [0.5, 0.6) is 0 Å². The van der Waals surface area contributed by atoms with E-state index in [9.17, 15) is 0 Å². The molecule has 1 unspecified atom stereocenters. The van der Waals surface area contributed by atoms with Gasteiger partial charge in [0.25, 0.3) is 0 Å². The van der Waals surface area contributed by atoms with Gasteiger partial charge in [-0.2, -0.15) is 0 Å². The van der Waals surface area contributed by atoms with Gasteiger partial charge in [-0.25, -0.2) is 9.97 Å². The topological polar surface area (TPSA) is 38.7 Å². The van der Waals surface area contributed by atoms with Crippen LogP contribution in [-0.4, -0.2) is 15.0 Å². The maximum Gasteiger partial charge on any atom is 0.116 e. The maximum absolute atomic E-state index is 4.62. The highest BCUT2D eigenvalue weighted by Gasteiger charge is 2.32. The molecule has 184 valence electrons. The van der Waals surface area contributed by atoms with Crippen molar-refractivity contribution in [1.82, 2.24) is 15.0 Å². The van der Waals surface area contributed by atoms with Gasteiger partial charge in [0, 0.05) is 40.7 Å². The minimum Gasteiger partial charge on any atom is -0.263 e. The highest BCUT2D eigenvalue weighted by molar-refractivity contribution is 5.96. The zero-order valence-corrected chi connectivity index (χ0v) is 21.3. The van der Waals surface area contributed by atoms with Crippen LogP contribution >= 0.6 is 0 Å². The van der Waals surface area contributed by atoms with Crippen LogP contribution < -0.4 is 0 Å². The third-order valence-electron chi connectivity index (χ3n) is 8.17. The quantitative estimate of drug-likeness (QED) is 0.249. The van der Waals surface area contributed by atoms with Crippen LogP contribution in [0.1, 0.15) is 40.6 Å². The Morgan fingerprint density at radius 3 is 2.51 bits per heavy atom. The van der Waals surface area contributed by atoms with Gasteiger partial charge in [0.15, 0.2) is 0 Å². The smallest absolute Gasteiger partial charge is 0.116 e. The number of fused-ring (bicyclic) bond motifs is 4. The lowest BCUT2D eigenvalue weighted by atomic mass is 9.81. The summed E-state index contributed by atoms with van der Waals surface area (Å²) in [5.41, 5.74) is 12.2. The Labute approximate surface area is 227 Å². The second-order valence-electron chi connectivity index (χ2n) is 10.5. The molecule has 0 aliphatic heterocycles. The number of pyridine rings is 1. The highest BCUT2D eigenvalue weighted by atomic mass is 14.8. The molecule has 0 amide bonds. The molecule has 3 aliphatic rings. The van der Waals surface area contributed by atoms with E-state index in [4.69, 9.17) is 0 Å². The number of aromatic nitrogens is 3. The Bertz CT molecular complexity index is 1880. The second-order valence-corrected chi connectivity index (χ2v) is 10.5. The van der Waals surface area contributed by atoms with Gasteiger partial charge in [0.05, 0.1) is 11.4 Å². The second kappa shape index (κ2) is 8.85. The molecule has 3 nitrogen and oxygen atoms in total. The van der Waals surface area contributed by atoms with E-state index in [-0.39, 0.29) is 0 Å². The van der Waals surface area contributed by atoms with Crippen LogP contribution in [0.15, 0.2) is 127 Å². The number of rotatable bonds is 4. The van der Waals surface area contributed by atoms with E-state index in [1.165, 1.54) is 27.6 Å². The summed E-state index contributed by atoms with van der Waals surface area (Å²) in [4.78, 5) is 13.7. The van der Waals surface area contributed by atoms with Gasteiger partial charge in [-0.3, -0.25) is 4.98 Å². The van der Waals surface area contributed by atoms with Crippen molar-refractivity contribution >= 4 is 22.4 Å². The third-order valence-corrected chi connectivity index (χ3v) is 8.17. The molecule has 3 aromatic carbocycles. The molecule has 8 rings (SSSR count). The average Bonchev–Trinajstić information content (AvgIpc) is 3.81. The molecule has 3 heteroatoms. The first-order valence-corrected chi connectivity index (χ1v) is 13.5. The van der Waals surface area contributed by atoms with Crippen LogP contribution in [0.25, 0.3) is 44.8 Å². The fraction of sp³-hybridized carbons (Fsp3) is 0.0833. The molecule has 2 heterocycles. The summed E-state index contributed by atoms with van der Waals surface area (Å²) in [5, 5.41) is 2.36. The predicted molar refractivity (Wildman–Crippen MR) is 159 cm³/mol. The van der Waals surface area contributed by atoms with Gasteiger partial charge in [-0.05, 0) is 51.3 Å². The van der Waals surface area contributed by atoms with Crippen molar-refractivity contribution in [3.8, 4) is 22.4 Å². The average molecular weight is 500 g/mol. The van der Waals surface area contributed by atoms with Crippen LogP contribution in [0.4, 0.5) is 0 Å². The summed E-state index contributed by atoms with van der Waals surface area (Å²) in [7, 11) is 0. The zero-order chi connectivity index (χ0) is 25.8. The summed E-state index contributed by atoms with van der Waals surface area (Å²) >= 11 is 0. The fourth-order valence-corrected chi connectivity index (χ4v) is 6.05. The Kier molecular flexibility index (Phi) is 5.02. The van der Waals surface area contributed by atoms with E-state index in [2.05, 4.69) is 118 Å². The van der Waals surface area contributed by atoms with Crippen LogP contribution in [-0.2, 0) is 0 Å². The normalized spacial score (nSPS) is 18.8. The molecule has 0 saturated heterocycles. The van der Waals surface area contributed by atoms with Gasteiger partial charge >= 0.3 is 0 Å². The molecular weight excluding hydrogens is 474 g/mol. The van der Waals surface area contributed by atoms with E-state index in [0.717, 1.165) is 45.5 Å². The first-order valence-electron chi connectivity index (χ1n) is 13.5. The van der Waals surface area contributed by atoms with Crippen molar-refractivity contribution in [3.05, 3.63) is 150 Å². The van der Waals surface area contributed by atoms with Crippen molar-refractivity contribution in [2.75, 3.05) is 0 Å². The van der Waals surface area contributed by atoms with Crippen LogP contribution in [0.3, 0.4) is 0 Å². The van der Waals surface area contributed by atoms with Gasteiger partial charge in [-0.15, -0.1) is 0 Å². The van der Waals surface area contributed by atoms with E-state index >= 15 is 0 Å². The molecule has 0 spiro atoms. The van der Waals surface area contributed by atoms with Crippen molar-refractivity contribution in [1.29, 1.82) is 0 Å². The Morgan fingerprint density at radius 2 is 1.62 bits per heavy atom. The van der Waals surface area contributed by atoms with Crippen molar-refractivity contribution < 1.29 is 0 Å². The van der Waals surface area contributed by atoms with Crippen LogP contribution in [0.2, 0.25) is 0 Å². The molecule has 0 N–H and O–H groups in total. The first kappa shape index (κ1) is 22.1. The molecule has 5 aromatic rings. The van der Waals surface area contributed by atoms with E-state index < -0.39 is 0 Å². The minimum absolute atomic E-state index is 0.392. The molecular formula is C36H25N3. The lowest BCUT2D eigenvalue weighted by Gasteiger charge is -2.23. The predicted octanol–water partition coefficient (Wildman–Crippen LogP) is 8.54. The Morgan fingerprint density at radius 1 is 0.744 bits per heavy atom. The molecule has 0 saturated carbocycles. The lowest BCUT2D eigenvalue weighted by Crippen LogP contribution is -2.06. The van der Waals surface area contributed by atoms with E-state index in [1.807, 2.05) is 18.5 Å². The maximum atomic E-state index is 4.62. The first-order chi connectivity index (χ1) is 19.3. The molecule has 3 aliphatic carbocycles. The molecule has 0 fully saturated rings. The fourth-order valence-electron chi connectivity index (χ4n) is 6.05. The Hall–Kier alpha value is -4.89. The Balaban J connectivity index is 1.05. The van der Waals surface area contributed by atoms with Crippen molar-refractivity contribution in [2.24, 2.45) is 0 Å². The molecule has 2 aromatic heterocycles. The van der Waals surface area contributed by atoms with Crippen molar-refractivity contribution in [2.45, 2.75) is 18.3 Å². The summed E-state index contributed by atoms with van der Waals surface area (Å²) < 4.78 is 0. The SMILES string of the molecule is C1=CC(c2cccc3c2[C@H]2C=C2C=C3)CC=C1c1cc(-c2ccc(-c3cncc4ccccc34)cc2)ncn1. The van der Waals surface area contributed by atoms with Crippen molar-refractivity contribution in [3.63, 3.8) is 0 Å². The number of hydrogen-bond donors (Lipinski definition) is 0. The number of benzene rings is 3. The zero-order valence-electron chi connectivity index (χ0n) is 21.3. The third kappa shape index (κ3) is 3.86. The molecule has 0 radical (unpaired) electrons. The van der Waals surface area contributed by atoms with Gasteiger partial charge < -0.3 is 0 Å². The van der Waals surface area contributed by atoms with E-state index in [0.29, 0.717) is 11.8 Å². The number of hydrogen-bond acceptors (Lipinski definition) is 3. The minimum atomic E-state index is 0.392. The molecule has 0 bridgehead atoms. The highest BCUT2D eigenvalue weighted by Crippen LogP contribution is 2.49. The van der Waals surface area contributed by atoms with E-state index in [1.54, 1.807) is 6.33 Å². The van der Waals surface area contributed by atoms with Gasteiger partial charge in [0.2, 0.25) is 0 Å². The standard InChI is InChI=1S/C36H25N3/c1-2-6-30-29(4-1)20-37-21-33(30)24-10-14-26(15-11-24)35-19-34(38-22-39-35)25-12-8-23(9-13-25)31-7-3-5-27-16-17-28-18-32(28)36(27)31/h1-8,10-23,32H,9H2/t23?,32-/m0/s1. The molecule has 2 atom stereocenters. The summed E-state index contributed by atoms with van der Waals surface area (Å²) in [6.45, 7) is 0. The van der Waals surface area contributed by atoms with Crippen LogP contribution in [0, 0.1) is 0 Å². The molecule has 39 heavy (non-hydrogen) atoms.